The Morgan fingerprint density at radius 2 is 2.00 bits per heavy atom. The van der Waals surface area contributed by atoms with Crippen LogP contribution < -0.4 is 10.1 Å². The molecule has 6 nitrogen and oxygen atoms in total. The number of H-pyrrole nitrogens is 1. The van der Waals surface area contributed by atoms with E-state index in [1.165, 1.54) is 0 Å². The van der Waals surface area contributed by atoms with E-state index in [0.29, 0.717) is 17.2 Å². The highest BCUT2D eigenvalue weighted by Gasteiger charge is 2.16. The number of carbonyl (C=O) groups excluding carboxylic acids is 1. The SMILES string of the molecule is CCOc1ccc(-c2n[nH]c(=S)n2CC(=O)NC(C)c2ccccc2Br)cc1. The summed E-state index contributed by atoms with van der Waals surface area (Å²) in [6.07, 6.45) is 0. The number of amides is 1. The van der Waals surface area contributed by atoms with Gasteiger partial charge in [0.15, 0.2) is 10.6 Å². The maximum Gasteiger partial charge on any atom is 0.240 e. The summed E-state index contributed by atoms with van der Waals surface area (Å²) in [6.45, 7) is 4.56. The fraction of sp³-hybridized carbons (Fsp3) is 0.250. The number of ether oxygens (including phenoxy) is 1. The van der Waals surface area contributed by atoms with Crippen molar-refractivity contribution in [3.05, 3.63) is 63.3 Å². The van der Waals surface area contributed by atoms with E-state index in [1.807, 2.05) is 62.4 Å². The molecule has 2 aromatic carbocycles. The Kier molecular flexibility index (Phi) is 6.64. The molecule has 2 N–H and O–H groups in total. The number of hydrogen-bond acceptors (Lipinski definition) is 4. The highest BCUT2D eigenvalue weighted by molar-refractivity contribution is 9.10. The van der Waals surface area contributed by atoms with E-state index in [2.05, 4.69) is 31.4 Å². The van der Waals surface area contributed by atoms with E-state index < -0.39 is 0 Å². The van der Waals surface area contributed by atoms with E-state index in [0.717, 1.165) is 21.3 Å². The zero-order chi connectivity index (χ0) is 20.1. The van der Waals surface area contributed by atoms with E-state index in [4.69, 9.17) is 17.0 Å². The molecule has 0 saturated carbocycles. The molecule has 1 amide bonds. The number of nitrogens with zero attached hydrogens (tertiary/aromatic N) is 2. The van der Waals surface area contributed by atoms with Gasteiger partial charge < -0.3 is 10.1 Å². The summed E-state index contributed by atoms with van der Waals surface area (Å²) in [4.78, 5) is 12.6. The van der Waals surface area contributed by atoms with Crippen LogP contribution in [-0.2, 0) is 11.3 Å². The van der Waals surface area contributed by atoms with E-state index in [-0.39, 0.29) is 18.5 Å². The van der Waals surface area contributed by atoms with Gasteiger partial charge in [0.05, 0.1) is 12.6 Å². The van der Waals surface area contributed by atoms with Crippen molar-refractivity contribution < 1.29 is 9.53 Å². The van der Waals surface area contributed by atoms with Crippen molar-refractivity contribution >= 4 is 34.1 Å². The second kappa shape index (κ2) is 9.16. The molecule has 0 aliphatic rings. The van der Waals surface area contributed by atoms with E-state index >= 15 is 0 Å². The molecular weight excluding hydrogens is 440 g/mol. The number of halogens is 1. The van der Waals surface area contributed by atoms with Gasteiger partial charge in [0.1, 0.15) is 12.3 Å². The molecule has 28 heavy (non-hydrogen) atoms. The maximum atomic E-state index is 12.6. The van der Waals surface area contributed by atoms with Crippen LogP contribution >= 0.6 is 28.1 Å². The van der Waals surface area contributed by atoms with Crippen LogP contribution in [-0.4, -0.2) is 27.3 Å². The minimum absolute atomic E-state index is 0.0761. The van der Waals surface area contributed by atoms with Crippen LogP contribution in [0.4, 0.5) is 0 Å². The smallest absolute Gasteiger partial charge is 0.240 e. The number of aromatic nitrogens is 3. The Balaban J connectivity index is 1.76. The summed E-state index contributed by atoms with van der Waals surface area (Å²) >= 11 is 8.84. The number of benzene rings is 2. The average Bonchev–Trinajstić information content (AvgIpc) is 3.03. The molecule has 3 aromatic rings. The lowest BCUT2D eigenvalue weighted by molar-refractivity contribution is -0.122. The molecular formula is C20H21BrN4O2S. The average molecular weight is 461 g/mol. The predicted octanol–water partition coefficient (Wildman–Crippen LogP) is 4.65. The first kappa shape index (κ1) is 20.3. The standard InChI is InChI=1S/C20H21BrN4O2S/c1-3-27-15-10-8-14(9-11-15)19-23-24-20(28)25(19)12-18(26)22-13(2)16-6-4-5-7-17(16)21/h4-11,13H,3,12H2,1-2H3,(H,22,26)(H,24,28). The van der Waals surface area contributed by atoms with Gasteiger partial charge in [-0.1, -0.05) is 34.1 Å². The quantitative estimate of drug-likeness (QED) is 0.503. The third kappa shape index (κ3) is 4.69. The highest BCUT2D eigenvalue weighted by atomic mass is 79.9. The lowest BCUT2D eigenvalue weighted by atomic mass is 10.1. The number of nitrogens with one attached hydrogen (secondary N) is 2. The van der Waals surface area contributed by atoms with Gasteiger partial charge in [0.2, 0.25) is 5.91 Å². The molecule has 0 radical (unpaired) electrons. The summed E-state index contributed by atoms with van der Waals surface area (Å²) in [5.74, 6) is 1.25. The molecule has 0 fully saturated rings. The Hall–Kier alpha value is -2.45. The second-order valence-electron chi connectivity index (χ2n) is 6.21. The number of hydrogen-bond donors (Lipinski definition) is 2. The van der Waals surface area contributed by atoms with Crippen molar-refractivity contribution in [2.75, 3.05) is 6.61 Å². The Bertz CT molecular complexity index is 1010. The fourth-order valence-corrected chi connectivity index (χ4v) is 3.71. The number of carbonyl (C=O) groups is 1. The Morgan fingerprint density at radius 3 is 2.68 bits per heavy atom. The summed E-state index contributed by atoms with van der Waals surface area (Å²) in [5, 5.41) is 10.1. The molecule has 3 rings (SSSR count). The monoisotopic (exact) mass is 460 g/mol. The highest BCUT2D eigenvalue weighted by Crippen LogP contribution is 2.23. The van der Waals surface area contributed by atoms with Gasteiger partial charge in [0, 0.05) is 10.0 Å². The summed E-state index contributed by atoms with van der Waals surface area (Å²) in [7, 11) is 0. The van der Waals surface area contributed by atoms with Crippen molar-refractivity contribution in [1.82, 2.24) is 20.1 Å². The van der Waals surface area contributed by atoms with Crippen molar-refractivity contribution in [2.45, 2.75) is 26.4 Å². The lowest BCUT2D eigenvalue weighted by Crippen LogP contribution is -2.30. The molecule has 8 heteroatoms. The molecule has 0 bridgehead atoms. The zero-order valence-corrected chi connectivity index (χ0v) is 18.0. The third-order valence-corrected chi connectivity index (χ3v) is 5.27. The first-order chi connectivity index (χ1) is 13.5. The van der Waals surface area contributed by atoms with Crippen LogP contribution in [0.2, 0.25) is 0 Å². The van der Waals surface area contributed by atoms with Gasteiger partial charge in [-0.25, -0.2) is 0 Å². The second-order valence-corrected chi connectivity index (χ2v) is 7.45. The molecule has 1 atom stereocenters. The molecule has 1 heterocycles. The van der Waals surface area contributed by atoms with Crippen LogP contribution in [0.15, 0.2) is 53.0 Å². The van der Waals surface area contributed by atoms with Gasteiger partial charge in [-0.15, -0.1) is 0 Å². The summed E-state index contributed by atoms with van der Waals surface area (Å²) in [6, 6.07) is 15.2. The maximum absolute atomic E-state index is 12.6. The van der Waals surface area contributed by atoms with Gasteiger partial charge in [0.25, 0.3) is 0 Å². The lowest BCUT2D eigenvalue weighted by Gasteiger charge is -2.16. The van der Waals surface area contributed by atoms with Gasteiger partial charge in [-0.2, -0.15) is 5.10 Å². The summed E-state index contributed by atoms with van der Waals surface area (Å²) < 4.78 is 8.51. The number of aromatic amines is 1. The first-order valence-electron chi connectivity index (χ1n) is 8.91. The number of rotatable bonds is 7. The topological polar surface area (TPSA) is 71.9 Å². The van der Waals surface area contributed by atoms with E-state index in [1.54, 1.807) is 4.57 Å². The first-order valence-corrected chi connectivity index (χ1v) is 10.1. The van der Waals surface area contributed by atoms with Crippen LogP contribution in [0.5, 0.6) is 5.75 Å². The Labute approximate surface area is 177 Å². The minimum atomic E-state index is -0.145. The minimum Gasteiger partial charge on any atom is -0.494 e. The Morgan fingerprint density at radius 1 is 1.29 bits per heavy atom. The summed E-state index contributed by atoms with van der Waals surface area (Å²) in [5.41, 5.74) is 1.86. The molecule has 146 valence electrons. The molecule has 0 spiro atoms. The van der Waals surface area contributed by atoms with Crippen LogP contribution in [0.3, 0.4) is 0 Å². The molecule has 0 saturated heterocycles. The van der Waals surface area contributed by atoms with Crippen molar-refractivity contribution in [3.8, 4) is 17.1 Å². The predicted molar refractivity (Wildman–Crippen MR) is 115 cm³/mol. The van der Waals surface area contributed by atoms with Crippen LogP contribution in [0, 0.1) is 4.77 Å². The van der Waals surface area contributed by atoms with E-state index in [9.17, 15) is 4.79 Å². The molecule has 0 aliphatic heterocycles. The van der Waals surface area contributed by atoms with Crippen LogP contribution in [0.1, 0.15) is 25.5 Å². The van der Waals surface area contributed by atoms with Gasteiger partial charge >= 0.3 is 0 Å². The van der Waals surface area contributed by atoms with Gasteiger partial charge in [-0.3, -0.25) is 14.5 Å². The van der Waals surface area contributed by atoms with Crippen molar-refractivity contribution in [3.63, 3.8) is 0 Å². The fourth-order valence-electron chi connectivity index (χ4n) is 2.89. The zero-order valence-electron chi connectivity index (χ0n) is 15.6. The third-order valence-electron chi connectivity index (χ3n) is 4.23. The van der Waals surface area contributed by atoms with Gasteiger partial charge in [-0.05, 0) is 62.0 Å². The molecule has 1 aromatic heterocycles. The van der Waals surface area contributed by atoms with Crippen molar-refractivity contribution in [2.24, 2.45) is 0 Å². The largest absolute Gasteiger partial charge is 0.494 e. The molecule has 0 aliphatic carbocycles. The molecule has 1 unspecified atom stereocenters. The van der Waals surface area contributed by atoms with Crippen molar-refractivity contribution in [1.29, 1.82) is 0 Å². The normalized spacial score (nSPS) is 11.8. The van der Waals surface area contributed by atoms with Crippen LogP contribution in [0.25, 0.3) is 11.4 Å².